The number of halogens is 3. The van der Waals surface area contributed by atoms with E-state index in [-0.39, 0.29) is 44.3 Å². The molecule has 0 fully saturated rings. The fraction of sp³-hybridized carbons (Fsp3) is 0.429. The van der Waals surface area contributed by atoms with E-state index in [1.165, 1.54) is 31.3 Å². The molecule has 0 bridgehead atoms. The van der Waals surface area contributed by atoms with Crippen LogP contribution in [0.3, 0.4) is 0 Å². The van der Waals surface area contributed by atoms with Crippen molar-refractivity contribution < 1.29 is 46.8 Å². The Bertz CT molecular complexity index is 1290. The van der Waals surface area contributed by atoms with E-state index in [2.05, 4.69) is 5.32 Å². The highest BCUT2D eigenvalue weighted by molar-refractivity contribution is 6.06. The molecule has 2 N–H and O–H groups in total. The average molecular weight is 565 g/mol. The Balaban J connectivity index is 1.65. The molecule has 2 aliphatic rings. The van der Waals surface area contributed by atoms with Crippen molar-refractivity contribution in [3.05, 3.63) is 53.6 Å². The van der Waals surface area contributed by atoms with E-state index < -0.39 is 29.4 Å². The number of nitrogens with one attached hydrogen (secondary N) is 1. The molecule has 40 heavy (non-hydrogen) atoms. The summed E-state index contributed by atoms with van der Waals surface area (Å²) in [6.07, 6.45) is -3.77. The Labute approximate surface area is 229 Å². The highest BCUT2D eigenvalue weighted by Gasteiger charge is 2.41. The van der Waals surface area contributed by atoms with Crippen LogP contribution in [0.2, 0.25) is 0 Å². The van der Waals surface area contributed by atoms with E-state index >= 15 is 0 Å². The van der Waals surface area contributed by atoms with Gasteiger partial charge in [0.25, 0.3) is 5.91 Å². The molecule has 9 nitrogen and oxygen atoms in total. The molecule has 2 amide bonds. The van der Waals surface area contributed by atoms with E-state index in [1.54, 1.807) is 25.1 Å². The molecule has 2 heterocycles. The lowest BCUT2D eigenvalue weighted by molar-refractivity contribution is -0.138. The number of hydrogen-bond acceptors (Lipinski definition) is 7. The number of hydrogen-bond donors (Lipinski definition) is 2. The number of aliphatic hydroxyl groups is 1. The molecule has 0 spiro atoms. The van der Waals surface area contributed by atoms with Crippen LogP contribution in [0.1, 0.15) is 30.9 Å². The fourth-order valence-corrected chi connectivity index (χ4v) is 4.98. The number of anilines is 2. The predicted molar refractivity (Wildman–Crippen MR) is 140 cm³/mol. The molecule has 12 heteroatoms. The molecule has 0 aliphatic carbocycles. The molecule has 2 aromatic rings. The van der Waals surface area contributed by atoms with Gasteiger partial charge in [-0.05, 0) is 42.8 Å². The number of nitrogens with zero attached hydrogens (tertiary/aromatic N) is 1. The summed E-state index contributed by atoms with van der Waals surface area (Å²) in [7, 11) is 2.88. The summed E-state index contributed by atoms with van der Waals surface area (Å²) in [6.45, 7) is 1.98. The van der Waals surface area contributed by atoms with Gasteiger partial charge < -0.3 is 34.3 Å². The first-order valence-corrected chi connectivity index (χ1v) is 12.7. The van der Waals surface area contributed by atoms with E-state index in [1.807, 2.05) is 0 Å². The second-order valence-electron chi connectivity index (χ2n) is 9.58. The second-order valence-corrected chi connectivity index (χ2v) is 9.58. The van der Waals surface area contributed by atoms with Crippen molar-refractivity contribution in [2.75, 3.05) is 50.8 Å². The Kier molecular flexibility index (Phi) is 8.71. The van der Waals surface area contributed by atoms with Crippen molar-refractivity contribution in [2.24, 2.45) is 0 Å². The van der Waals surface area contributed by atoms with Gasteiger partial charge in [0.2, 0.25) is 5.91 Å². The van der Waals surface area contributed by atoms with Gasteiger partial charge in [-0.1, -0.05) is 6.07 Å². The first-order chi connectivity index (χ1) is 19.0. The Morgan fingerprint density at radius 3 is 2.52 bits per heavy atom. The number of rotatable bonds is 9. The maximum Gasteiger partial charge on any atom is 0.416 e. The third kappa shape index (κ3) is 6.08. The zero-order valence-electron chi connectivity index (χ0n) is 22.3. The number of likely N-dealkylation sites (N-methyl/N-ethyl adjacent to an activating group) is 1. The van der Waals surface area contributed by atoms with Crippen molar-refractivity contribution in [3.63, 3.8) is 0 Å². The van der Waals surface area contributed by atoms with E-state index in [9.17, 15) is 27.9 Å². The number of benzene rings is 2. The second kappa shape index (κ2) is 11.9. The van der Waals surface area contributed by atoms with Gasteiger partial charge in [-0.15, -0.1) is 0 Å². The molecule has 2 aliphatic heterocycles. The number of ether oxygens (including phenoxy) is 4. The summed E-state index contributed by atoms with van der Waals surface area (Å²) in [6, 6.07) is 7.98. The number of alkyl halides is 3. The molecule has 216 valence electrons. The van der Waals surface area contributed by atoms with Gasteiger partial charge in [-0.25, -0.2) is 0 Å². The summed E-state index contributed by atoms with van der Waals surface area (Å²) >= 11 is 0. The molecule has 1 atom stereocenters. The molecule has 0 saturated carbocycles. The van der Waals surface area contributed by atoms with Crippen LogP contribution >= 0.6 is 0 Å². The van der Waals surface area contributed by atoms with Crippen LogP contribution in [0.5, 0.6) is 11.5 Å². The average Bonchev–Trinajstić information content (AvgIpc) is 2.89. The molecule has 4 rings (SSSR count). The molecule has 0 aromatic heterocycles. The minimum atomic E-state index is -4.58. The quantitative estimate of drug-likeness (QED) is 0.443. The van der Waals surface area contributed by atoms with Gasteiger partial charge in [-0.2, -0.15) is 13.2 Å². The third-order valence-corrected chi connectivity index (χ3v) is 6.65. The van der Waals surface area contributed by atoms with Crippen LogP contribution in [0, 0.1) is 0 Å². The van der Waals surface area contributed by atoms with Crippen LogP contribution in [0.25, 0.3) is 5.57 Å². The standard InChI is InChI=1S/C28H31F3N2O7/c1-4-33-21-13-19(6-8-22(21)39-23(9-10-34)26(33)36)32-25(35)11-17-14-27(15-37-2,16-38-3)40-24-12-18(28(29,30)31)5-7-20(17)24/h5-8,11-13,23,34H,4,9-10,14-16H2,1-3H3,(H,32,35). The smallest absolute Gasteiger partial charge is 0.416 e. The van der Waals surface area contributed by atoms with Crippen LogP contribution < -0.4 is 19.7 Å². The molecule has 1 unspecified atom stereocenters. The zero-order valence-corrected chi connectivity index (χ0v) is 22.3. The lowest BCUT2D eigenvalue weighted by atomic mass is 9.86. The minimum Gasteiger partial charge on any atom is -0.481 e. The maximum atomic E-state index is 13.4. The summed E-state index contributed by atoms with van der Waals surface area (Å²) in [4.78, 5) is 27.4. The first kappa shape index (κ1) is 29.4. The van der Waals surface area contributed by atoms with Crippen molar-refractivity contribution in [1.82, 2.24) is 0 Å². The number of fused-ring (bicyclic) bond motifs is 2. The topological polar surface area (TPSA) is 107 Å². The fourth-order valence-electron chi connectivity index (χ4n) is 4.98. The van der Waals surface area contributed by atoms with Crippen molar-refractivity contribution in [3.8, 4) is 11.5 Å². The van der Waals surface area contributed by atoms with E-state index in [0.29, 0.717) is 34.8 Å². The third-order valence-electron chi connectivity index (χ3n) is 6.65. The van der Waals surface area contributed by atoms with Gasteiger partial charge in [-0.3, -0.25) is 9.59 Å². The van der Waals surface area contributed by atoms with Crippen LogP contribution in [0.15, 0.2) is 42.5 Å². The van der Waals surface area contributed by atoms with Gasteiger partial charge in [0.05, 0.1) is 24.5 Å². The summed E-state index contributed by atoms with van der Waals surface area (Å²) in [5, 5.41) is 12.0. The number of methoxy groups -OCH3 is 2. The van der Waals surface area contributed by atoms with Crippen LogP contribution in [-0.4, -0.2) is 69.2 Å². The number of amides is 2. The van der Waals surface area contributed by atoms with Crippen molar-refractivity contribution in [1.29, 1.82) is 0 Å². The first-order valence-electron chi connectivity index (χ1n) is 12.7. The Morgan fingerprint density at radius 2 is 1.90 bits per heavy atom. The number of carbonyl (C=O) groups excluding carboxylic acids is 2. The van der Waals surface area contributed by atoms with Gasteiger partial charge in [0.15, 0.2) is 11.7 Å². The molecule has 0 radical (unpaired) electrons. The highest BCUT2D eigenvalue weighted by Crippen LogP contribution is 2.44. The normalized spacial score (nSPS) is 19.0. The minimum absolute atomic E-state index is 0.0124. The number of carbonyl (C=O) groups is 2. The molecular formula is C28H31F3N2O7. The molecular weight excluding hydrogens is 533 g/mol. The zero-order chi connectivity index (χ0) is 29.1. The lowest BCUT2D eigenvalue weighted by Gasteiger charge is -2.39. The number of aliphatic hydroxyl groups excluding tert-OH is 1. The van der Waals surface area contributed by atoms with Gasteiger partial charge >= 0.3 is 6.18 Å². The summed E-state index contributed by atoms with van der Waals surface area (Å²) in [5.74, 6) is -0.413. The van der Waals surface area contributed by atoms with Gasteiger partial charge in [0.1, 0.15) is 11.5 Å². The summed E-state index contributed by atoms with van der Waals surface area (Å²) in [5.41, 5.74) is -0.377. The van der Waals surface area contributed by atoms with E-state index in [4.69, 9.17) is 18.9 Å². The Hall–Kier alpha value is -3.61. The SMILES string of the molecule is CCN1C(=O)C(CCO)Oc2ccc(NC(=O)C=C3CC(COC)(COC)Oc4cc(C(F)(F)F)ccc43)cc21. The van der Waals surface area contributed by atoms with Crippen LogP contribution in [-0.2, 0) is 25.2 Å². The Morgan fingerprint density at radius 1 is 1.18 bits per heavy atom. The van der Waals surface area contributed by atoms with Crippen LogP contribution in [0.4, 0.5) is 24.5 Å². The van der Waals surface area contributed by atoms with Gasteiger partial charge in [0, 0.05) is 57.5 Å². The van der Waals surface area contributed by atoms with E-state index in [0.717, 1.165) is 12.1 Å². The maximum absolute atomic E-state index is 13.4. The van der Waals surface area contributed by atoms with Crippen molar-refractivity contribution in [2.45, 2.75) is 37.6 Å². The molecule has 2 aromatic carbocycles. The monoisotopic (exact) mass is 564 g/mol. The lowest BCUT2D eigenvalue weighted by Crippen LogP contribution is -2.47. The highest BCUT2D eigenvalue weighted by atomic mass is 19.4. The predicted octanol–water partition coefficient (Wildman–Crippen LogP) is 4.04. The summed E-state index contributed by atoms with van der Waals surface area (Å²) < 4.78 is 62.6. The molecule has 0 saturated heterocycles. The largest absolute Gasteiger partial charge is 0.481 e. The van der Waals surface area contributed by atoms with Crippen molar-refractivity contribution >= 4 is 28.8 Å².